The lowest BCUT2D eigenvalue weighted by molar-refractivity contribution is 0.0375. The van der Waals surface area contributed by atoms with Gasteiger partial charge in [-0.3, -0.25) is 4.90 Å². The summed E-state index contributed by atoms with van der Waals surface area (Å²) in [5, 5.41) is 6.67. The van der Waals surface area contributed by atoms with Crippen LogP contribution < -0.4 is 10.6 Å². The molecule has 1 aliphatic heterocycles. The van der Waals surface area contributed by atoms with Crippen LogP contribution in [0, 0.1) is 5.92 Å². The first-order valence-electron chi connectivity index (χ1n) is 9.44. The Morgan fingerprint density at radius 1 is 1.21 bits per heavy atom. The SMILES string of the molecule is CC(C)(C)OC(=O)NCC1CCCCC1NCCN1CCOCC1. The van der Waals surface area contributed by atoms with Gasteiger partial charge in [-0.2, -0.15) is 0 Å². The highest BCUT2D eigenvalue weighted by atomic mass is 16.6. The smallest absolute Gasteiger partial charge is 0.407 e. The molecule has 1 amide bonds. The minimum atomic E-state index is -0.438. The summed E-state index contributed by atoms with van der Waals surface area (Å²) in [5.41, 5.74) is -0.438. The number of nitrogens with zero attached hydrogens (tertiary/aromatic N) is 1. The molecular weight excluding hydrogens is 306 g/mol. The molecule has 140 valence electrons. The van der Waals surface area contributed by atoms with Crippen molar-refractivity contribution in [2.24, 2.45) is 5.92 Å². The van der Waals surface area contributed by atoms with Crippen LogP contribution in [0.3, 0.4) is 0 Å². The number of nitrogens with one attached hydrogen (secondary N) is 2. The normalized spacial score (nSPS) is 26.1. The van der Waals surface area contributed by atoms with Crippen molar-refractivity contribution < 1.29 is 14.3 Å². The van der Waals surface area contributed by atoms with Crippen molar-refractivity contribution >= 4 is 6.09 Å². The summed E-state index contributed by atoms with van der Waals surface area (Å²) >= 11 is 0. The number of amides is 1. The molecule has 0 spiro atoms. The van der Waals surface area contributed by atoms with Gasteiger partial charge in [0.05, 0.1) is 13.2 Å². The van der Waals surface area contributed by atoms with Gasteiger partial charge >= 0.3 is 6.09 Å². The minimum absolute atomic E-state index is 0.305. The number of hydrogen-bond acceptors (Lipinski definition) is 5. The Labute approximate surface area is 146 Å². The quantitative estimate of drug-likeness (QED) is 0.774. The van der Waals surface area contributed by atoms with Gasteiger partial charge in [0.15, 0.2) is 0 Å². The Morgan fingerprint density at radius 2 is 1.92 bits per heavy atom. The van der Waals surface area contributed by atoms with Crippen molar-refractivity contribution in [2.45, 2.75) is 58.1 Å². The molecule has 2 rings (SSSR count). The van der Waals surface area contributed by atoms with Gasteiger partial charge in [-0.25, -0.2) is 4.79 Å². The predicted molar refractivity (Wildman–Crippen MR) is 95.2 cm³/mol. The molecule has 24 heavy (non-hydrogen) atoms. The van der Waals surface area contributed by atoms with E-state index in [1.54, 1.807) is 0 Å². The van der Waals surface area contributed by atoms with Gasteiger partial charge < -0.3 is 20.1 Å². The number of ether oxygens (including phenoxy) is 2. The van der Waals surface area contributed by atoms with E-state index in [2.05, 4.69) is 15.5 Å². The van der Waals surface area contributed by atoms with Crippen LogP contribution in [0.4, 0.5) is 4.79 Å². The molecule has 0 aromatic carbocycles. The van der Waals surface area contributed by atoms with E-state index in [1.165, 1.54) is 25.7 Å². The van der Waals surface area contributed by atoms with Crippen LogP contribution in [0.15, 0.2) is 0 Å². The third-order valence-electron chi connectivity index (χ3n) is 4.75. The molecule has 6 nitrogen and oxygen atoms in total. The van der Waals surface area contributed by atoms with Crippen molar-refractivity contribution in [3.8, 4) is 0 Å². The number of carbonyl (C=O) groups excluding carboxylic acids is 1. The summed E-state index contributed by atoms with van der Waals surface area (Å²) < 4.78 is 10.7. The molecule has 0 bridgehead atoms. The first kappa shape index (κ1) is 19.5. The number of carbonyl (C=O) groups is 1. The van der Waals surface area contributed by atoms with E-state index >= 15 is 0 Å². The number of alkyl carbamates (subject to hydrolysis) is 1. The highest BCUT2D eigenvalue weighted by Crippen LogP contribution is 2.24. The minimum Gasteiger partial charge on any atom is -0.444 e. The largest absolute Gasteiger partial charge is 0.444 e. The van der Waals surface area contributed by atoms with E-state index in [1.807, 2.05) is 20.8 Å². The average Bonchev–Trinajstić information content (AvgIpc) is 2.53. The Hall–Kier alpha value is -0.850. The molecule has 2 unspecified atom stereocenters. The van der Waals surface area contributed by atoms with E-state index in [4.69, 9.17) is 9.47 Å². The maximum absolute atomic E-state index is 11.9. The van der Waals surface area contributed by atoms with Gasteiger partial charge in [0.1, 0.15) is 5.60 Å². The lowest BCUT2D eigenvalue weighted by Crippen LogP contribution is -2.47. The third-order valence-corrected chi connectivity index (χ3v) is 4.75. The summed E-state index contributed by atoms with van der Waals surface area (Å²) in [7, 11) is 0. The van der Waals surface area contributed by atoms with Gasteiger partial charge in [-0.1, -0.05) is 12.8 Å². The Balaban J connectivity index is 1.68. The molecule has 1 saturated heterocycles. The highest BCUT2D eigenvalue weighted by molar-refractivity contribution is 5.67. The van der Waals surface area contributed by atoms with Gasteiger partial charge in [-0.15, -0.1) is 0 Å². The van der Waals surface area contributed by atoms with E-state index in [-0.39, 0.29) is 6.09 Å². The van der Waals surface area contributed by atoms with Crippen molar-refractivity contribution in [1.29, 1.82) is 0 Å². The van der Waals surface area contributed by atoms with Crippen LogP contribution >= 0.6 is 0 Å². The van der Waals surface area contributed by atoms with Crippen molar-refractivity contribution in [2.75, 3.05) is 45.9 Å². The molecule has 0 aromatic rings. The van der Waals surface area contributed by atoms with E-state index < -0.39 is 5.60 Å². The van der Waals surface area contributed by atoms with Crippen molar-refractivity contribution in [3.63, 3.8) is 0 Å². The van der Waals surface area contributed by atoms with Crippen molar-refractivity contribution in [3.05, 3.63) is 0 Å². The predicted octanol–water partition coefficient (Wildman–Crippen LogP) is 1.99. The number of morpholine rings is 1. The fraction of sp³-hybridized carbons (Fsp3) is 0.944. The summed E-state index contributed by atoms with van der Waals surface area (Å²) in [6.07, 6.45) is 4.59. The van der Waals surface area contributed by atoms with Crippen LogP contribution in [0.25, 0.3) is 0 Å². The van der Waals surface area contributed by atoms with Gasteiger partial charge in [-0.05, 0) is 39.5 Å². The second-order valence-corrected chi connectivity index (χ2v) is 7.94. The van der Waals surface area contributed by atoms with Gasteiger partial charge in [0.2, 0.25) is 0 Å². The topological polar surface area (TPSA) is 62.8 Å². The van der Waals surface area contributed by atoms with Crippen LogP contribution in [-0.4, -0.2) is 68.6 Å². The number of hydrogen-bond donors (Lipinski definition) is 2. The summed E-state index contributed by atoms with van der Waals surface area (Å²) in [4.78, 5) is 14.3. The van der Waals surface area contributed by atoms with Crippen molar-refractivity contribution in [1.82, 2.24) is 15.5 Å². The molecule has 6 heteroatoms. The average molecular weight is 341 g/mol. The Morgan fingerprint density at radius 3 is 2.62 bits per heavy atom. The molecule has 2 atom stereocenters. The summed E-state index contributed by atoms with van der Waals surface area (Å²) in [6, 6.07) is 0.495. The maximum atomic E-state index is 11.9. The molecule has 2 aliphatic rings. The van der Waals surface area contributed by atoms with E-state index in [9.17, 15) is 4.79 Å². The third kappa shape index (κ3) is 7.36. The lowest BCUT2D eigenvalue weighted by atomic mass is 9.84. The zero-order valence-electron chi connectivity index (χ0n) is 15.6. The number of rotatable bonds is 6. The molecule has 1 saturated carbocycles. The second-order valence-electron chi connectivity index (χ2n) is 7.94. The fourth-order valence-corrected chi connectivity index (χ4v) is 3.48. The van der Waals surface area contributed by atoms with Crippen LogP contribution in [0.5, 0.6) is 0 Å². The van der Waals surface area contributed by atoms with Crippen LogP contribution in [0.1, 0.15) is 46.5 Å². The monoisotopic (exact) mass is 341 g/mol. The summed E-state index contributed by atoms with van der Waals surface area (Å²) in [6.45, 7) is 12.2. The summed E-state index contributed by atoms with van der Waals surface area (Å²) in [5.74, 6) is 0.496. The van der Waals surface area contributed by atoms with Gasteiger partial charge in [0.25, 0.3) is 0 Å². The first-order chi connectivity index (χ1) is 11.4. The molecule has 2 N–H and O–H groups in total. The zero-order valence-corrected chi connectivity index (χ0v) is 15.6. The molecule has 0 radical (unpaired) electrons. The highest BCUT2D eigenvalue weighted by Gasteiger charge is 2.26. The molecule has 2 fully saturated rings. The van der Waals surface area contributed by atoms with E-state index in [0.29, 0.717) is 18.5 Å². The molecular formula is C18H35N3O3. The standard InChI is InChI=1S/C18H35N3O3/c1-18(2,3)24-17(22)20-14-15-6-4-5-7-16(15)19-8-9-21-10-12-23-13-11-21/h15-16,19H,4-14H2,1-3H3,(H,20,22). The Bertz CT molecular complexity index is 378. The zero-order chi connectivity index (χ0) is 17.4. The maximum Gasteiger partial charge on any atom is 0.407 e. The molecule has 1 heterocycles. The molecule has 0 aromatic heterocycles. The Kier molecular flexibility index (Phi) is 7.78. The van der Waals surface area contributed by atoms with Crippen LogP contribution in [0.2, 0.25) is 0 Å². The van der Waals surface area contributed by atoms with Gasteiger partial charge in [0, 0.05) is 38.8 Å². The molecule has 1 aliphatic carbocycles. The van der Waals surface area contributed by atoms with Crippen LogP contribution in [-0.2, 0) is 9.47 Å². The first-order valence-corrected chi connectivity index (χ1v) is 9.44. The van der Waals surface area contributed by atoms with E-state index in [0.717, 1.165) is 39.4 Å². The lowest BCUT2D eigenvalue weighted by Gasteiger charge is -2.34. The fourth-order valence-electron chi connectivity index (χ4n) is 3.48. The second kappa shape index (κ2) is 9.59.